The Hall–Kier alpha value is -1.58. The zero-order valence-corrected chi connectivity index (χ0v) is 31.3. The smallest absolute Gasteiger partial charge is 0.243 e. The summed E-state index contributed by atoms with van der Waals surface area (Å²) in [7, 11) is 0. The molecule has 2 amide bonds. The van der Waals surface area contributed by atoms with Crippen LogP contribution in [0.25, 0.3) is 0 Å². The van der Waals surface area contributed by atoms with Gasteiger partial charge in [0, 0.05) is 6.42 Å². The van der Waals surface area contributed by atoms with Crippen LogP contribution in [0.15, 0.2) is 24.3 Å². The first-order valence-electron chi connectivity index (χ1n) is 20.4. The summed E-state index contributed by atoms with van der Waals surface area (Å²) in [5.41, 5.74) is 4.93. The van der Waals surface area contributed by atoms with Crippen molar-refractivity contribution in [1.82, 2.24) is 5.32 Å². The standard InChI is InChI=1S/C42H80N2O2/c1-4-7-9-11-13-15-17-19-21-22-23-24-25-26-28-30-32-34-36-38-40(45)44-42(6-3,41(43)46)39-37-35-33-31-29-27-20-18-16-14-12-10-8-5-2/h19-21,27H,4-18,22-26,28-39H2,1-3H3,(H2,43,46)(H,44,45)/b21-19-,27-20-. The molecule has 0 saturated heterocycles. The van der Waals surface area contributed by atoms with Crippen LogP contribution in [0.2, 0.25) is 0 Å². The Bertz CT molecular complexity index is 731. The van der Waals surface area contributed by atoms with Crippen molar-refractivity contribution in [1.29, 1.82) is 0 Å². The van der Waals surface area contributed by atoms with E-state index in [4.69, 9.17) is 5.73 Å². The number of carbonyl (C=O) groups excluding carboxylic acids is 2. The summed E-state index contributed by atoms with van der Waals surface area (Å²) >= 11 is 0. The Morgan fingerprint density at radius 1 is 0.478 bits per heavy atom. The van der Waals surface area contributed by atoms with Gasteiger partial charge in [-0.3, -0.25) is 9.59 Å². The molecule has 0 rings (SSSR count). The van der Waals surface area contributed by atoms with E-state index in [1.807, 2.05) is 6.92 Å². The Balaban J connectivity index is 3.80. The second-order valence-corrected chi connectivity index (χ2v) is 14.1. The van der Waals surface area contributed by atoms with Crippen LogP contribution in [-0.2, 0) is 9.59 Å². The molecule has 0 spiro atoms. The molecule has 270 valence electrons. The van der Waals surface area contributed by atoms with Gasteiger partial charge in [0.1, 0.15) is 5.54 Å². The van der Waals surface area contributed by atoms with Crippen molar-refractivity contribution >= 4 is 11.8 Å². The zero-order valence-electron chi connectivity index (χ0n) is 31.3. The first kappa shape index (κ1) is 44.4. The molecule has 0 fully saturated rings. The van der Waals surface area contributed by atoms with Crippen LogP contribution in [-0.4, -0.2) is 17.4 Å². The van der Waals surface area contributed by atoms with Crippen LogP contribution >= 0.6 is 0 Å². The number of rotatable bonds is 36. The van der Waals surface area contributed by atoms with Crippen molar-refractivity contribution in [3.63, 3.8) is 0 Å². The number of nitrogens with two attached hydrogens (primary N) is 1. The number of carbonyl (C=O) groups is 2. The molecular weight excluding hydrogens is 564 g/mol. The fraction of sp³-hybridized carbons (Fsp3) is 0.857. The lowest BCUT2D eigenvalue weighted by molar-refractivity contribution is -0.132. The van der Waals surface area contributed by atoms with Gasteiger partial charge in [0.05, 0.1) is 0 Å². The number of amides is 2. The van der Waals surface area contributed by atoms with E-state index in [0.717, 1.165) is 38.5 Å². The third-order valence-electron chi connectivity index (χ3n) is 9.73. The average Bonchev–Trinajstić information content (AvgIpc) is 3.05. The Kier molecular flexibility index (Phi) is 33.6. The van der Waals surface area contributed by atoms with Crippen LogP contribution in [0.1, 0.15) is 226 Å². The lowest BCUT2D eigenvalue weighted by Gasteiger charge is -2.31. The number of nitrogens with one attached hydrogen (secondary N) is 1. The van der Waals surface area contributed by atoms with Crippen LogP contribution < -0.4 is 11.1 Å². The molecule has 0 aliphatic heterocycles. The second-order valence-electron chi connectivity index (χ2n) is 14.1. The summed E-state index contributed by atoms with van der Waals surface area (Å²) in [4.78, 5) is 25.1. The summed E-state index contributed by atoms with van der Waals surface area (Å²) in [6.07, 6.45) is 47.9. The molecule has 0 aromatic carbocycles. The van der Waals surface area contributed by atoms with E-state index in [-0.39, 0.29) is 11.8 Å². The molecule has 0 bridgehead atoms. The largest absolute Gasteiger partial charge is 0.368 e. The molecule has 46 heavy (non-hydrogen) atoms. The molecule has 0 radical (unpaired) electrons. The van der Waals surface area contributed by atoms with E-state index < -0.39 is 5.54 Å². The van der Waals surface area contributed by atoms with E-state index in [1.54, 1.807) is 0 Å². The van der Waals surface area contributed by atoms with Gasteiger partial charge in [-0.05, 0) is 70.6 Å². The third kappa shape index (κ3) is 28.6. The van der Waals surface area contributed by atoms with Crippen LogP contribution in [0, 0.1) is 0 Å². The number of hydrogen-bond acceptors (Lipinski definition) is 2. The number of primary amides is 1. The predicted molar refractivity (Wildman–Crippen MR) is 203 cm³/mol. The van der Waals surface area contributed by atoms with Gasteiger partial charge in [0.25, 0.3) is 0 Å². The minimum Gasteiger partial charge on any atom is -0.368 e. The first-order chi connectivity index (χ1) is 22.5. The molecule has 3 N–H and O–H groups in total. The lowest BCUT2D eigenvalue weighted by atomic mass is 9.88. The SMILES string of the molecule is CCCCCCCC/C=C\CCCCCCCCCCCC(=O)NC(CC)(CCCCCC/C=C\CCCCCCCC)C(N)=O. The van der Waals surface area contributed by atoms with Crippen LogP contribution in [0.5, 0.6) is 0 Å². The van der Waals surface area contributed by atoms with Crippen molar-refractivity contribution in [2.45, 2.75) is 232 Å². The van der Waals surface area contributed by atoms with Gasteiger partial charge < -0.3 is 11.1 Å². The minimum absolute atomic E-state index is 0.0165. The van der Waals surface area contributed by atoms with E-state index in [0.29, 0.717) is 19.3 Å². The third-order valence-corrected chi connectivity index (χ3v) is 9.73. The minimum atomic E-state index is -0.891. The summed E-state index contributed by atoms with van der Waals surface area (Å²) in [6, 6.07) is 0. The summed E-state index contributed by atoms with van der Waals surface area (Å²) in [6.45, 7) is 6.51. The molecule has 0 aromatic rings. The highest BCUT2D eigenvalue weighted by molar-refractivity contribution is 5.90. The molecule has 4 nitrogen and oxygen atoms in total. The topological polar surface area (TPSA) is 72.2 Å². The number of unbranched alkanes of at least 4 members (excludes halogenated alkanes) is 25. The fourth-order valence-corrected chi connectivity index (χ4v) is 6.40. The number of allylic oxidation sites excluding steroid dienone is 4. The summed E-state index contributed by atoms with van der Waals surface area (Å²) in [5.74, 6) is -0.401. The molecule has 0 aromatic heterocycles. The van der Waals surface area contributed by atoms with Gasteiger partial charge in [-0.15, -0.1) is 0 Å². The van der Waals surface area contributed by atoms with Crippen molar-refractivity contribution in [2.75, 3.05) is 0 Å². The predicted octanol–water partition coefficient (Wildman–Crippen LogP) is 13.0. The Morgan fingerprint density at radius 2 is 0.804 bits per heavy atom. The maximum absolute atomic E-state index is 12.7. The zero-order chi connectivity index (χ0) is 33.8. The fourth-order valence-electron chi connectivity index (χ4n) is 6.40. The van der Waals surface area contributed by atoms with Gasteiger partial charge >= 0.3 is 0 Å². The Morgan fingerprint density at radius 3 is 1.15 bits per heavy atom. The van der Waals surface area contributed by atoms with Crippen molar-refractivity contribution in [3.05, 3.63) is 24.3 Å². The van der Waals surface area contributed by atoms with Gasteiger partial charge in [-0.2, -0.15) is 0 Å². The van der Waals surface area contributed by atoms with Crippen molar-refractivity contribution in [2.24, 2.45) is 5.73 Å². The highest BCUT2D eigenvalue weighted by atomic mass is 16.2. The quantitative estimate of drug-likeness (QED) is 0.0526. The van der Waals surface area contributed by atoms with Gasteiger partial charge in [-0.25, -0.2) is 0 Å². The molecule has 0 aliphatic rings. The van der Waals surface area contributed by atoms with E-state index in [9.17, 15) is 9.59 Å². The molecule has 0 saturated carbocycles. The number of hydrogen-bond donors (Lipinski definition) is 2. The van der Waals surface area contributed by atoms with Crippen molar-refractivity contribution in [3.8, 4) is 0 Å². The monoisotopic (exact) mass is 645 g/mol. The summed E-state index contributed by atoms with van der Waals surface area (Å²) in [5, 5.41) is 3.06. The molecule has 1 unspecified atom stereocenters. The Labute approximate surface area is 288 Å². The molecular formula is C42H80N2O2. The normalized spacial score (nSPS) is 13.1. The highest BCUT2D eigenvalue weighted by Gasteiger charge is 2.35. The molecule has 1 atom stereocenters. The van der Waals surface area contributed by atoms with Gasteiger partial charge in [-0.1, -0.05) is 173 Å². The first-order valence-corrected chi connectivity index (χ1v) is 20.4. The van der Waals surface area contributed by atoms with Gasteiger partial charge in [0.2, 0.25) is 11.8 Å². The molecule has 4 heteroatoms. The van der Waals surface area contributed by atoms with Crippen LogP contribution in [0.4, 0.5) is 0 Å². The lowest BCUT2D eigenvalue weighted by Crippen LogP contribution is -2.57. The second kappa shape index (κ2) is 34.7. The van der Waals surface area contributed by atoms with Crippen LogP contribution in [0.3, 0.4) is 0 Å². The highest BCUT2D eigenvalue weighted by Crippen LogP contribution is 2.21. The molecule has 0 heterocycles. The maximum Gasteiger partial charge on any atom is 0.243 e. The maximum atomic E-state index is 12.7. The summed E-state index contributed by atoms with van der Waals surface area (Å²) < 4.78 is 0. The van der Waals surface area contributed by atoms with E-state index in [1.165, 1.54) is 148 Å². The average molecular weight is 645 g/mol. The van der Waals surface area contributed by atoms with E-state index in [2.05, 4.69) is 43.5 Å². The van der Waals surface area contributed by atoms with Crippen molar-refractivity contribution < 1.29 is 9.59 Å². The molecule has 0 aliphatic carbocycles. The van der Waals surface area contributed by atoms with Gasteiger partial charge in [0.15, 0.2) is 0 Å². The van der Waals surface area contributed by atoms with E-state index >= 15 is 0 Å².